The van der Waals surface area contributed by atoms with Gasteiger partial charge in [-0.15, -0.1) is 10.2 Å². The average Bonchev–Trinajstić information content (AvgIpc) is 3.25. The Kier molecular flexibility index (Phi) is 5.06. The molecule has 0 atom stereocenters. The first kappa shape index (κ1) is 17.3. The highest BCUT2D eigenvalue weighted by Crippen LogP contribution is 2.33. The normalized spacial score (nSPS) is 17.8. The first-order chi connectivity index (χ1) is 12.7. The van der Waals surface area contributed by atoms with Crippen LogP contribution >= 0.6 is 11.8 Å². The molecule has 1 aliphatic carbocycles. The van der Waals surface area contributed by atoms with E-state index in [1.165, 1.54) is 35.9 Å². The number of benzene rings is 1. The van der Waals surface area contributed by atoms with Gasteiger partial charge in [-0.25, -0.2) is 0 Å². The van der Waals surface area contributed by atoms with Crippen LogP contribution in [0.1, 0.15) is 71.0 Å². The van der Waals surface area contributed by atoms with Gasteiger partial charge in [-0.3, -0.25) is 14.5 Å². The number of hydrogen-bond acceptors (Lipinski definition) is 6. The van der Waals surface area contributed by atoms with Crippen LogP contribution < -0.4 is 0 Å². The molecule has 2 aliphatic rings. The molecule has 1 fully saturated rings. The average molecular weight is 371 g/mol. The summed E-state index contributed by atoms with van der Waals surface area (Å²) in [6, 6.07) is 6.97. The largest absolute Gasteiger partial charge is 0.416 e. The maximum Gasteiger partial charge on any atom is 0.276 e. The summed E-state index contributed by atoms with van der Waals surface area (Å²) in [5.41, 5.74) is 0.998. The second kappa shape index (κ2) is 7.61. The van der Waals surface area contributed by atoms with Gasteiger partial charge in [0.2, 0.25) is 5.89 Å². The molecule has 0 spiro atoms. The Morgan fingerprint density at radius 3 is 2.42 bits per heavy atom. The molecule has 0 saturated heterocycles. The van der Waals surface area contributed by atoms with Crippen molar-refractivity contribution in [2.24, 2.45) is 0 Å². The van der Waals surface area contributed by atoms with Crippen molar-refractivity contribution < 1.29 is 14.0 Å². The molecule has 2 amide bonds. The summed E-state index contributed by atoms with van der Waals surface area (Å²) in [5.74, 6) is 1.48. The van der Waals surface area contributed by atoms with E-state index in [0.717, 1.165) is 24.5 Å². The molecule has 1 saturated carbocycles. The first-order valence-electron chi connectivity index (χ1n) is 9.15. The SMILES string of the molecule is O=C1c2ccccc2C(=O)N1CCCSc1nnc(C2CCCCC2)o1. The highest BCUT2D eigenvalue weighted by atomic mass is 32.2. The molecule has 2 heterocycles. The maximum absolute atomic E-state index is 12.3. The van der Waals surface area contributed by atoms with Crippen molar-refractivity contribution in [3.05, 3.63) is 41.3 Å². The number of rotatable bonds is 6. The van der Waals surface area contributed by atoms with Gasteiger partial charge in [0.05, 0.1) is 11.1 Å². The van der Waals surface area contributed by atoms with Crippen LogP contribution in [0.5, 0.6) is 0 Å². The van der Waals surface area contributed by atoms with Gasteiger partial charge >= 0.3 is 0 Å². The van der Waals surface area contributed by atoms with Crippen molar-refractivity contribution in [2.45, 2.75) is 49.7 Å². The highest BCUT2D eigenvalue weighted by Gasteiger charge is 2.34. The zero-order chi connectivity index (χ0) is 17.9. The van der Waals surface area contributed by atoms with E-state index in [4.69, 9.17) is 4.42 Å². The Bertz CT molecular complexity index is 779. The summed E-state index contributed by atoms with van der Waals surface area (Å²) in [4.78, 5) is 25.9. The third-order valence-electron chi connectivity index (χ3n) is 5.01. The van der Waals surface area contributed by atoms with E-state index in [2.05, 4.69) is 10.2 Å². The van der Waals surface area contributed by atoms with Crippen molar-refractivity contribution in [3.8, 4) is 0 Å². The number of aromatic nitrogens is 2. The summed E-state index contributed by atoms with van der Waals surface area (Å²) in [7, 11) is 0. The van der Waals surface area contributed by atoms with Gasteiger partial charge in [0, 0.05) is 18.2 Å². The lowest BCUT2D eigenvalue weighted by Gasteiger charge is -2.17. The predicted molar refractivity (Wildman–Crippen MR) is 97.3 cm³/mol. The Balaban J connectivity index is 1.27. The molecule has 2 aromatic rings. The van der Waals surface area contributed by atoms with Crippen molar-refractivity contribution in [3.63, 3.8) is 0 Å². The molecule has 0 radical (unpaired) electrons. The molecule has 0 N–H and O–H groups in total. The number of imide groups is 1. The molecule has 136 valence electrons. The fourth-order valence-electron chi connectivity index (χ4n) is 3.62. The molecule has 0 bridgehead atoms. The van der Waals surface area contributed by atoms with Gasteiger partial charge in [-0.2, -0.15) is 0 Å². The fraction of sp³-hybridized carbons (Fsp3) is 0.474. The minimum absolute atomic E-state index is 0.201. The number of nitrogens with zero attached hydrogens (tertiary/aromatic N) is 3. The van der Waals surface area contributed by atoms with Crippen LogP contribution in [0.3, 0.4) is 0 Å². The zero-order valence-electron chi connectivity index (χ0n) is 14.5. The van der Waals surface area contributed by atoms with E-state index in [-0.39, 0.29) is 11.8 Å². The quantitative estimate of drug-likeness (QED) is 0.435. The first-order valence-corrected chi connectivity index (χ1v) is 10.1. The smallest absolute Gasteiger partial charge is 0.276 e. The van der Waals surface area contributed by atoms with Crippen LogP contribution in [-0.2, 0) is 0 Å². The molecular formula is C19H21N3O3S. The lowest BCUT2D eigenvalue weighted by Crippen LogP contribution is -2.30. The number of fused-ring (bicyclic) bond motifs is 1. The van der Waals surface area contributed by atoms with Gasteiger partial charge < -0.3 is 4.42 Å². The molecular weight excluding hydrogens is 350 g/mol. The molecule has 1 aliphatic heterocycles. The van der Waals surface area contributed by atoms with Crippen molar-refractivity contribution in [1.29, 1.82) is 0 Å². The van der Waals surface area contributed by atoms with Crippen molar-refractivity contribution in [2.75, 3.05) is 12.3 Å². The topological polar surface area (TPSA) is 76.3 Å². The molecule has 0 unspecified atom stereocenters. The van der Waals surface area contributed by atoms with E-state index in [9.17, 15) is 9.59 Å². The van der Waals surface area contributed by atoms with E-state index >= 15 is 0 Å². The van der Waals surface area contributed by atoms with Crippen LogP contribution in [0.15, 0.2) is 33.9 Å². The lowest BCUT2D eigenvalue weighted by molar-refractivity contribution is 0.0655. The third kappa shape index (κ3) is 3.40. The van der Waals surface area contributed by atoms with Crippen LogP contribution in [0.4, 0.5) is 0 Å². The molecule has 6 nitrogen and oxygen atoms in total. The van der Waals surface area contributed by atoms with Gasteiger partial charge in [0.15, 0.2) is 0 Å². The van der Waals surface area contributed by atoms with Crippen molar-refractivity contribution in [1.82, 2.24) is 15.1 Å². The number of carbonyl (C=O) groups is 2. The Morgan fingerprint density at radius 2 is 1.73 bits per heavy atom. The summed E-state index contributed by atoms with van der Waals surface area (Å²) in [6.07, 6.45) is 6.71. The number of amides is 2. The monoisotopic (exact) mass is 371 g/mol. The molecule has 26 heavy (non-hydrogen) atoms. The maximum atomic E-state index is 12.3. The minimum Gasteiger partial charge on any atom is -0.416 e. The molecule has 1 aromatic heterocycles. The van der Waals surface area contributed by atoms with Gasteiger partial charge in [-0.1, -0.05) is 43.2 Å². The van der Waals surface area contributed by atoms with Crippen LogP contribution in [0.2, 0.25) is 0 Å². The van der Waals surface area contributed by atoms with Crippen LogP contribution in [0, 0.1) is 0 Å². The number of thioether (sulfide) groups is 1. The highest BCUT2D eigenvalue weighted by molar-refractivity contribution is 7.99. The molecule has 4 rings (SSSR count). The van der Waals surface area contributed by atoms with E-state index < -0.39 is 0 Å². The fourth-order valence-corrected chi connectivity index (χ4v) is 4.31. The second-order valence-electron chi connectivity index (χ2n) is 6.75. The Morgan fingerprint density at radius 1 is 1.04 bits per heavy atom. The Hall–Kier alpha value is -2.15. The lowest BCUT2D eigenvalue weighted by atomic mass is 9.89. The van der Waals surface area contributed by atoms with Crippen LogP contribution in [0.25, 0.3) is 0 Å². The summed E-state index contributed by atoms with van der Waals surface area (Å²) < 4.78 is 5.78. The minimum atomic E-state index is -0.201. The zero-order valence-corrected chi connectivity index (χ0v) is 15.3. The second-order valence-corrected chi connectivity index (χ2v) is 7.80. The molecule has 1 aromatic carbocycles. The number of carbonyl (C=O) groups excluding carboxylic acids is 2. The van der Waals surface area contributed by atoms with Gasteiger partial charge in [0.1, 0.15) is 0 Å². The van der Waals surface area contributed by atoms with E-state index in [1.807, 2.05) is 0 Å². The van der Waals surface area contributed by atoms with Gasteiger partial charge in [0.25, 0.3) is 17.0 Å². The third-order valence-corrected chi connectivity index (χ3v) is 5.91. The standard InChI is InChI=1S/C19H21N3O3S/c23-17-14-9-4-5-10-15(14)18(24)22(17)11-6-12-26-19-21-20-16(25-19)13-7-2-1-3-8-13/h4-5,9-10,13H,1-3,6-8,11-12H2. The Labute approximate surface area is 156 Å². The van der Waals surface area contributed by atoms with Crippen LogP contribution in [-0.4, -0.2) is 39.2 Å². The summed E-state index contributed by atoms with van der Waals surface area (Å²) in [6.45, 7) is 0.406. The van der Waals surface area contributed by atoms with E-state index in [1.54, 1.807) is 24.3 Å². The number of hydrogen-bond donors (Lipinski definition) is 0. The van der Waals surface area contributed by atoms with E-state index in [0.29, 0.717) is 35.2 Å². The van der Waals surface area contributed by atoms with Crippen molar-refractivity contribution >= 4 is 23.6 Å². The summed E-state index contributed by atoms with van der Waals surface area (Å²) >= 11 is 1.49. The van der Waals surface area contributed by atoms with Gasteiger partial charge in [-0.05, 0) is 31.4 Å². The summed E-state index contributed by atoms with van der Waals surface area (Å²) in [5, 5.41) is 8.89. The molecule has 7 heteroatoms. The predicted octanol–water partition coefficient (Wildman–Crippen LogP) is 3.90.